The summed E-state index contributed by atoms with van der Waals surface area (Å²) in [7, 11) is 2.65. The zero-order chi connectivity index (χ0) is 14.3. The number of hydrogen-bond donors (Lipinski definition) is 0. The molecule has 0 saturated carbocycles. The molecule has 0 aliphatic rings. The topological polar surface area (TPSA) is 52.6 Å². The summed E-state index contributed by atoms with van der Waals surface area (Å²) < 4.78 is 9.53. The van der Waals surface area contributed by atoms with Gasteiger partial charge in [0.05, 0.1) is 14.2 Å². The lowest BCUT2D eigenvalue weighted by atomic mass is 9.93. The van der Waals surface area contributed by atoms with Crippen molar-refractivity contribution >= 4 is 11.9 Å². The van der Waals surface area contributed by atoms with Gasteiger partial charge in [-0.3, -0.25) is 0 Å². The molecule has 18 heavy (non-hydrogen) atoms. The minimum Gasteiger partial charge on any atom is -0.466 e. The van der Waals surface area contributed by atoms with Crippen LogP contribution in [0, 0.1) is 11.8 Å². The second kappa shape index (κ2) is 7.90. The molecule has 4 heteroatoms. The largest absolute Gasteiger partial charge is 0.466 e. The number of esters is 2. The van der Waals surface area contributed by atoms with Crippen LogP contribution in [0.2, 0.25) is 0 Å². The maximum Gasteiger partial charge on any atom is 0.334 e. The summed E-state index contributed by atoms with van der Waals surface area (Å²) in [6.07, 6.45) is 1.04. The first-order valence-corrected chi connectivity index (χ1v) is 6.22. The normalized spacial score (nSPS) is 12.4. The van der Waals surface area contributed by atoms with Gasteiger partial charge in [-0.15, -0.1) is 0 Å². The molecule has 0 aliphatic heterocycles. The SMILES string of the molecule is COC(=O)C(CC(C)C)=C(CC(C)C)C(=O)OC. The number of carbonyl (C=O) groups is 2. The summed E-state index contributed by atoms with van der Waals surface area (Å²) in [5.41, 5.74) is 0.876. The maximum atomic E-state index is 11.8. The van der Waals surface area contributed by atoms with Gasteiger partial charge in [-0.05, 0) is 24.7 Å². The van der Waals surface area contributed by atoms with Crippen LogP contribution in [0.1, 0.15) is 40.5 Å². The average Bonchev–Trinajstić information content (AvgIpc) is 2.30. The fourth-order valence-corrected chi connectivity index (χ4v) is 1.72. The number of carbonyl (C=O) groups excluding carboxylic acids is 2. The van der Waals surface area contributed by atoms with E-state index in [4.69, 9.17) is 9.47 Å². The quantitative estimate of drug-likeness (QED) is 0.541. The van der Waals surface area contributed by atoms with E-state index in [0.29, 0.717) is 24.0 Å². The van der Waals surface area contributed by atoms with Gasteiger partial charge in [0, 0.05) is 11.1 Å². The Kier molecular flexibility index (Phi) is 7.32. The highest BCUT2D eigenvalue weighted by Gasteiger charge is 2.23. The van der Waals surface area contributed by atoms with Crippen LogP contribution in [0.4, 0.5) is 0 Å². The van der Waals surface area contributed by atoms with Gasteiger partial charge in [-0.2, -0.15) is 0 Å². The van der Waals surface area contributed by atoms with E-state index in [-0.39, 0.29) is 11.8 Å². The maximum absolute atomic E-state index is 11.8. The first kappa shape index (κ1) is 16.7. The molecule has 0 N–H and O–H groups in total. The summed E-state index contributed by atoms with van der Waals surface area (Å²) in [6, 6.07) is 0. The molecule has 0 atom stereocenters. The first-order chi connectivity index (χ1) is 8.33. The zero-order valence-corrected chi connectivity index (χ0v) is 12.2. The van der Waals surface area contributed by atoms with Gasteiger partial charge < -0.3 is 9.47 Å². The van der Waals surface area contributed by atoms with E-state index in [2.05, 4.69) is 0 Å². The first-order valence-electron chi connectivity index (χ1n) is 6.22. The lowest BCUT2D eigenvalue weighted by molar-refractivity contribution is -0.139. The molecule has 4 nitrogen and oxygen atoms in total. The van der Waals surface area contributed by atoms with Crippen molar-refractivity contribution in [2.45, 2.75) is 40.5 Å². The zero-order valence-electron chi connectivity index (χ0n) is 12.2. The van der Waals surface area contributed by atoms with E-state index in [0.717, 1.165) is 0 Å². The molecule has 0 aromatic carbocycles. The summed E-state index contributed by atoms with van der Waals surface area (Å²) in [6.45, 7) is 7.97. The van der Waals surface area contributed by atoms with E-state index in [9.17, 15) is 9.59 Å². The molecule has 0 bridgehead atoms. The van der Waals surface area contributed by atoms with Crippen LogP contribution in [0.5, 0.6) is 0 Å². The second-order valence-electron chi connectivity index (χ2n) is 5.14. The van der Waals surface area contributed by atoms with E-state index in [1.54, 1.807) is 0 Å². The molecule has 0 unspecified atom stereocenters. The highest BCUT2D eigenvalue weighted by molar-refractivity contribution is 6.00. The van der Waals surface area contributed by atoms with Crippen molar-refractivity contribution < 1.29 is 19.1 Å². The van der Waals surface area contributed by atoms with Crippen LogP contribution in [-0.2, 0) is 19.1 Å². The van der Waals surface area contributed by atoms with E-state index >= 15 is 0 Å². The molecule has 0 spiro atoms. The molecule has 0 aromatic rings. The van der Waals surface area contributed by atoms with Crippen LogP contribution >= 0.6 is 0 Å². The lowest BCUT2D eigenvalue weighted by Crippen LogP contribution is -2.17. The Morgan fingerprint density at radius 3 is 1.22 bits per heavy atom. The Morgan fingerprint density at radius 2 is 1.06 bits per heavy atom. The standard InChI is InChI=1S/C14H24O4/c1-9(2)7-11(13(15)17-5)12(8-10(3)4)14(16)18-6/h9-10H,7-8H2,1-6H3. The van der Waals surface area contributed by atoms with E-state index < -0.39 is 11.9 Å². The Morgan fingerprint density at radius 1 is 0.778 bits per heavy atom. The second-order valence-corrected chi connectivity index (χ2v) is 5.14. The molecular weight excluding hydrogens is 232 g/mol. The fraction of sp³-hybridized carbons (Fsp3) is 0.714. The highest BCUT2D eigenvalue weighted by atomic mass is 16.5. The third-order valence-electron chi connectivity index (χ3n) is 2.45. The minimum atomic E-state index is -0.440. The van der Waals surface area contributed by atoms with Crippen LogP contribution in [-0.4, -0.2) is 26.2 Å². The smallest absolute Gasteiger partial charge is 0.334 e. The van der Waals surface area contributed by atoms with Gasteiger partial charge in [0.25, 0.3) is 0 Å². The van der Waals surface area contributed by atoms with Crippen molar-refractivity contribution in [1.82, 2.24) is 0 Å². The van der Waals surface area contributed by atoms with Gasteiger partial charge >= 0.3 is 11.9 Å². The Labute approximate surface area is 109 Å². The molecule has 104 valence electrons. The average molecular weight is 256 g/mol. The number of rotatable bonds is 6. The minimum absolute atomic E-state index is 0.269. The Hall–Kier alpha value is -1.32. The van der Waals surface area contributed by atoms with Crippen molar-refractivity contribution in [3.8, 4) is 0 Å². The number of methoxy groups -OCH3 is 2. The molecule has 0 radical (unpaired) electrons. The van der Waals surface area contributed by atoms with Gasteiger partial charge in [-0.25, -0.2) is 9.59 Å². The van der Waals surface area contributed by atoms with E-state index in [1.807, 2.05) is 27.7 Å². The summed E-state index contributed by atoms with van der Waals surface area (Å²) in [5, 5.41) is 0. The van der Waals surface area contributed by atoms with Gasteiger partial charge in [0.1, 0.15) is 0 Å². The molecule has 0 saturated heterocycles. The molecule has 0 rings (SSSR count). The van der Waals surface area contributed by atoms with Crippen LogP contribution in [0.25, 0.3) is 0 Å². The summed E-state index contributed by atoms with van der Waals surface area (Å²) in [4.78, 5) is 23.6. The Bertz CT molecular complexity index is 295. The highest BCUT2D eigenvalue weighted by Crippen LogP contribution is 2.23. The fourth-order valence-electron chi connectivity index (χ4n) is 1.72. The third kappa shape index (κ3) is 5.34. The summed E-state index contributed by atoms with van der Waals surface area (Å²) >= 11 is 0. The predicted molar refractivity (Wildman–Crippen MR) is 70.0 cm³/mol. The van der Waals surface area contributed by atoms with Gasteiger partial charge in [0.2, 0.25) is 0 Å². The molecule has 0 heterocycles. The van der Waals surface area contributed by atoms with Crippen LogP contribution in [0.15, 0.2) is 11.1 Å². The van der Waals surface area contributed by atoms with Crippen molar-refractivity contribution in [3.05, 3.63) is 11.1 Å². The lowest BCUT2D eigenvalue weighted by Gasteiger charge is -2.15. The van der Waals surface area contributed by atoms with E-state index in [1.165, 1.54) is 14.2 Å². The van der Waals surface area contributed by atoms with Crippen molar-refractivity contribution in [2.75, 3.05) is 14.2 Å². The molecule has 0 amide bonds. The molecule has 0 aromatic heterocycles. The van der Waals surface area contributed by atoms with Crippen LogP contribution < -0.4 is 0 Å². The monoisotopic (exact) mass is 256 g/mol. The van der Waals surface area contributed by atoms with Gasteiger partial charge in [0.15, 0.2) is 0 Å². The molecule has 0 aliphatic carbocycles. The third-order valence-corrected chi connectivity index (χ3v) is 2.45. The number of hydrogen-bond acceptors (Lipinski definition) is 4. The number of ether oxygens (including phenoxy) is 2. The van der Waals surface area contributed by atoms with Crippen LogP contribution in [0.3, 0.4) is 0 Å². The van der Waals surface area contributed by atoms with Gasteiger partial charge in [-0.1, -0.05) is 27.7 Å². The predicted octanol–water partition coefficient (Wildman–Crippen LogP) is 2.72. The molecular formula is C14H24O4. The van der Waals surface area contributed by atoms with Crippen molar-refractivity contribution in [1.29, 1.82) is 0 Å². The molecule has 0 fully saturated rings. The summed E-state index contributed by atoms with van der Waals surface area (Å²) in [5.74, 6) is -0.341. The van der Waals surface area contributed by atoms with Crippen molar-refractivity contribution in [2.24, 2.45) is 11.8 Å². The Balaban J connectivity index is 5.50. The van der Waals surface area contributed by atoms with Crippen molar-refractivity contribution in [3.63, 3.8) is 0 Å².